The Kier molecular flexibility index (Phi) is 3.62. The maximum absolute atomic E-state index is 13.7. The topological polar surface area (TPSA) is 42.2 Å². The van der Waals surface area contributed by atoms with Crippen molar-refractivity contribution < 1.29 is 13.9 Å². The van der Waals surface area contributed by atoms with Crippen molar-refractivity contribution in [3.63, 3.8) is 0 Å². The highest BCUT2D eigenvalue weighted by atomic mass is 19.1. The van der Waals surface area contributed by atoms with Gasteiger partial charge < -0.3 is 9.47 Å². The maximum Gasteiger partial charge on any atom is 0.128 e. The summed E-state index contributed by atoms with van der Waals surface area (Å²) in [5.74, 6) is 0.426. The zero-order chi connectivity index (χ0) is 14.9. The van der Waals surface area contributed by atoms with Crippen LogP contribution in [0.25, 0.3) is 0 Å². The van der Waals surface area contributed by atoms with Crippen LogP contribution in [0.5, 0.6) is 5.75 Å². The third-order valence-corrected chi connectivity index (χ3v) is 4.55. The Balaban J connectivity index is 1.54. The van der Waals surface area contributed by atoms with Crippen LogP contribution in [0, 0.1) is 28.0 Å². The second-order valence-corrected chi connectivity index (χ2v) is 6.52. The molecule has 3 saturated carbocycles. The smallest absolute Gasteiger partial charge is 0.128 e. The van der Waals surface area contributed by atoms with Crippen LogP contribution < -0.4 is 4.74 Å². The molecule has 0 aromatic heterocycles. The molecule has 0 radical (unpaired) electrons. The van der Waals surface area contributed by atoms with Crippen molar-refractivity contribution in [1.82, 2.24) is 0 Å². The van der Waals surface area contributed by atoms with Crippen LogP contribution in [-0.4, -0.2) is 13.2 Å². The van der Waals surface area contributed by atoms with Gasteiger partial charge in [0.05, 0.1) is 24.7 Å². The van der Waals surface area contributed by atoms with Gasteiger partial charge in [0.25, 0.3) is 0 Å². The summed E-state index contributed by atoms with van der Waals surface area (Å²) in [6.07, 6.45) is 3.76. The molecule has 0 atom stereocenters. The molecule has 4 heteroatoms. The van der Waals surface area contributed by atoms with E-state index in [9.17, 15) is 4.39 Å². The summed E-state index contributed by atoms with van der Waals surface area (Å²) in [4.78, 5) is 0. The standard InChI is InChI=1S/C17H20FNO2/c1-2-5-20-7-13-6-14(3-4-15(13)18)21-12-17-8-16(9-17,10-17)11-19/h3-4,6H,2,5,7-10,12H2,1H3. The molecule has 1 aromatic carbocycles. The van der Waals surface area contributed by atoms with Crippen LogP contribution in [-0.2, 0) is 11.3 Å². The minimum atomic E-state index is -0.257. The summed E-state index contributed by atoms with van der Waals surface area (Å²) in [7, 11) is 0. The van der Waals surface area contributed by atoms with E-state index in [1.807, 2.05) is 6.92 Å². The van der Waals surface area contributed by atoms with Gasteiger partial charge in [-0.3, -0.25) is 0 Å². The fraction of sp³-hybridized carbons (Fsp3) is 0.588. The molecule has 112 valence electrons. The predicted octanol–water partition coefficient (Wildman–Crippen LogP) is 3.82. The third kappa shape index (κ3) is 2.63. The van der Waals surface area contributed by atoms with Crippen LogP contribution in [0.4, 0.5) is 4.39 Å². The molecule has 0 heterocycles. The van der Waals surface area contributed by atoms with Gasteiger partial charge in [-0.2, -0.15) is 5.26 Å². The Bertz CT molecular complexity index is 559. The van der Waals surface area contributed by atoms with E-state index in [0.29, 0.717) is 24.5 Å². The molecule has 1 aromatic rings. The fourth-order valence-electron chi connectivity index (χ4n) is 3.58. The van der Waals surface area contributed by atoms with E-state index in [-0.39, 0.29) is 23.3 Å². The Hall–Kier alpha value is -1.60. The zero-order valence-corrected chi connectivity index (χ0v) is 12.3. The molecule has 3 nitrogen and oxygen atoms in total. The van der Waals surface area contributed by atoms with E-state index in [2.05, 4.69) is 6.07 Å². The molecular formula is C17H20FNO2. The van der Waals surface area contributed by atoms with E-state index in [0.717, 1.165) is 25.7 Å². The van der Waals surface area contributed by atoms with Gasteiger partial charge in [0.1, 0.15) is 11.6 Å². The first kappa shape index (κ1) is 14.3. The molecule has 0 spiro atoms. The van der Waals surface area contributed by atoms with Gasteiger partial charge in [0.2, 0.25) is 0 Å². The van der Waals surface area contributed by atoms with Gasteiger partial charge in [0.15, 0.2) is 0 Å². The van der Waals surface area contributed by atoms with Gasteiger partial charge in [-0.15, -0.1) is 0 Å². The van der Waals surface area contributed by atoms with Crippen LogP contribution in [0.2, 0.25) is 0 Å². The van der Waals surface area contributed by atoms with E-state index < -0.39 is 0 Å². The second-order valence-electron chi connectivity index (χ2n) is 6.52. The van der Waals surface area contributed by atoms with E-state index in [1.165, 1.54) is 6.07 Å². The van der Waals surface area contributed by atoms with Gasteiger partial charge in [-0.1, -0.05) is 6.92 Å². The summed E-state index contributed by atoms with van der Waals surface area (Å²) >= 11 is 0. The molecule has 3 fully saturated rings. The van der Waals surface area contributed by atoms with Gasteiger partial charge in [-0.25, -0.2) is 4.39 Å². The molecule has 0 saturated heterocycles. The highest BCUT2D eigenvalue weighted by Crippen LogP contribution is 2.72. The lowest BCUT2D eigenvalue weighted by Crippen LogP contribution is -2.63. The van der Waals surface area contributed by atoms with Crippen molar-refractivity contribution in [2.75, 3.05) is 13.2 Å². The Morgan fingerprint density at radius 3 is 2.76 bits per heavy atom. The number of hydrogen-bond donors (Lipinski definition) is 0. The molecule has 0 aliphatic heterocycles. The summed E-state index contributed by atoms with van der Waals surface area (Å²) in [5, 5.41) is 9.01. The maximum atomic E-state index is 13.7. The first-order valence-corrected chi connectivity index (χ1v) is 7.51. The summed E-state index contributed by atoms with van der Waals surface area (Å²) in [6.45, 7) is 3.55. The monoisotopic (exact) mass is 289 g/mol. The van der Waals surface area contributed by atoms with Crippen molar-refractivity contribution in [2.45, 2.75) is 39.2 Å². The Morgan fingerprint density at radius 1 is 1.33 bits per heavy atom. The van der Waals surface area contributed by atoms with Crippen molar-refractivity contribution in [3.05, 3.63) is 29.6 Å². The molecule has 3 aliphatic rings. The highest BCUT2D eigenvalue weighted by molar-refractivity contribution is 5.31. The van der Waals surface area contributed by atoms with Gasteiger partial charge >= 0.3 is 0 Å². The summed E-state index contributed by atoms with van der Waals surface area (Å²) in [5.41, 5.74) is 0.681. The molecule has 4 rings (SSSR count). The first-order valence-electron chi connectivity index (χ1n) is 7.51. The molecule has 21 heavy (non-hydrogen) atoms. The number of rotatable bonds is 7. The van der Waals surface area contributed by atoms with Crippen LogP contribution in [0.15, 0.2) is 18.2 Å². The lowest BCUT2D eigenvalue weighted by atomic mass is 9.36. The largest absolute Gasteiger partial charge is 0.493 e. The average Bonchev–Trinajstić information content (AvgIpc) is 2.39. The SMILES string of the molecule is CCCOCc1cc(OCC23CC(C#N)(C2)C3)ccc1F. The molecule has 0 N–H and O–H groups in total. The number of ether oxygens (including phenoxy) is 2. The minimum absolute atomic E-state index is 0.0503. The lowest BCUT2D eigenvalue weighted by molar-refractivity contribution is -0.181. The number of nitriles is 1. The van der Waals surface area contributed by atoms with E-state index in [1.54, 1.807) is 12.1 Å². The number of benzene rings is 1. The van der Waals surface area contributed by atoms with Crippen molar-refractivity contribution in [2.24, 2.45) is 10.8 Å². The van der Waals surface area contributed by atoms with Crippen LogP contribution >= 0.6 is 0 Å². The van der Waals surface area contributed by atoms with Gasteiger partial charge in [-0.05, 0) is 43.9 Å². The first-order chi connectivity index (χ1) is 10.1. The Labute approximate surface area is 124 Å². The molecule has 2 bridgehead atoms. The lowest BCUT2D eigenvalue weighted by Gasteiger charge is -2.66. The van der Waals surface area contributed by atoms with Crippen molar-refractivity contribution in [3.8, 4) is 11.8 Å². The molecule has 3 aliphatic carbocycles. The molecule has 0 unspecified atom stereocenters. The predicted molar refractivity (Wildman–Crippen MR) is 76.2 cm³/mol. The molecule has 0 amide bonds. The van der Waals surface area contributed by atoms with Crippen LogP contribution in [0.1, 0.15) is 38.2 Å². The van der Waals surface area contributed by atoms with Crippen molar-refractivity contribution in [1.29, 1.82) is 5.26 Å². The Morgan fingerprint density at radius 2 is 2.10 bits per heavy atom. The number of halogens is 1. The van der Waals surface area contributed by atoms with Gasteiger partial charge in [0, 0.05) is 17.6 Å². The average molecular weight is 289 g/mol. The highest BCUT2D eigenvalue weighted by Gasteiger charge is 2.68. The minimum Gasteiger partial charge on any atom is -0.493 e. The fourth-order valence-corrected chi connectivity index (χ4v) is 3.58. The normalized spacial score (nSPS) is 29.2. The summed E-state index contributed by atoms with van der Waals surface area (Å²) < 4.78 is 24.9. The number of hydrogen-bond acceptors (Lipinski definition) is 3. The quantitative estimate of drug-likeness (QED) is 0.716. The van der Waals surface area contributed by atoms with E-state index >= 15 is 0 Å². The van der Waals surface area contributed by atoms with E-state index in [4.69, 9.17) is 14.7 Å². The van der Waals surface area contributed by atoms with Crippen LogP contribution in [0.3, 0.4) is 0 Å². The summed E-state index contributed by atoms with van der Waals surface area (Å²) in [6, 6.07) is 7.20. The number of nitrogens with zero attached hydrogens (tertiary/aromatic N) is 1. The second kappa shape index (κ2) is 5.31. The third-order valence-electron chi connectivity index (χ3n) is 4.55. The molecular weight excluding hydrogens is 269 g/mol. The van der Waals surface area contributed by atoms with Crippen molar-refractivity contribution >= 4 is 0 Å². The zero-order valence-electron chi connectivity index (χ0n) is 12.3.